The van der Waals surface area contributed by atoms with Crippen LogP contribution in [0.4, 0.5) is 5.82 Å². The minimum atomic E-state index is 0.275. The van der Waals surface area contributed by atoms with Gasteiger partial charge in [0.2, 0.25) is 0 Å². The number of anilines is 1. The van der Waals surface area contributed by atoms with Crippen LogP contribution in [-0.2, 0) is 16.0 Å². The average molecular weight is 349 g/mol. The topological polar surface area (TPSA) is 71.0 Å². The molecule has 0 radical (unpaired) electrons. The molecule has 1 aliphatic rings. The molecular formula is C18H31N5O2. The molecule has 0 amide bonds. The Balaban J connectivity index is 1.74. The zero-order valence-electron chi connectivity index (χ0n) is 15.6. The van der Waals surface area contributed by atoms with Crippen molar-refractivity contribution in [1.82, 2.24) is 15.6 Å². The van der Waals surface area contributed by atoms with Gasteiger partial charge in [0.05, 0.1) is 24.9 Å². The molecule has 1 atom stereocenters. The molecule has 1 unspecified atom stereocenters. The molecule has 2 N–H and O–H groups in total. The minimum absolute atomic E-state index is 0.275. The van der Waals surface area contributed by atoms with Crippen LogP contribution in [0.15, 0.2) is 23.2 Å². The number of aromatic nitrogens is 1. The molecule has 7 heteroatoms. The van der Waals surface area contributed by atoms with Gasteiger partial charge in [-0.3, -0.25) is 0 Å². The molecule has 0 saturated carbocycles. The van der Waals surface area contributed by atoms with Crippen molar-refractivity contribution in [2.75, 3.05) is 51.9 Å². The number of pyridine rings is 1. The van der Waals surface area contributed by atoms with Gasteiger partial charge in [0, 0.05) is 40.4 Å². The fraction of sp³-hybridized carbons (Fsp3) is 0.667. The summed E-state index contributed by atoms with van der Waals surface area (Å²) in [6.07, 6.45) is 2.23. The molecule has 0 aliphatic carbocycles. The van der Waals surface area contributed by atoms with Gasteiger partial charge in [0.15, 0.2) is 5.96 Å². The van der Waals surface area contributed by atoms with Crippen molar-refractivity contribution in [3.63, 3.8) is 0 Å². The van der Waals surface area contributed by atoms with Gasteiger partial charge in [-0.2, -0.15) is 0 Å². The van der Waals surface area contributed by atoms with Gasteiger partial charge >= 0.3 is 0 Å². The monoisotopic (exact) mass is 349 g/mol. The molecule has 140 valence electrons. The third-order valence-corrected chi connectivity index (χ3v) is 3.85. The maximum absolute atomic E-state index is 5.77. The van der Waals surface area contributed by atoms with Crippen molar-refractivity contribution in [3.8, 4) is 0 Å². The first-order valence-corrected chi connectivity index (χ1v) is 9.04. The fourth-order valence-corrected chi connectivity index (χ4v) is 2.48. The minimum Gasteiger partial charge on any atom is -0.379 e. The van der Waals surface area contributed by atoms with E-state index in [0.29, 0.717) is 6.54 Å². The van der Waals surface area contributed by atoms with Crippen molar-refractivity contribution < 1.29 is 9.47 Å². The van der Waals surface area contributed by atoms with Crippen LogP contribution in [0.25, 0.3) is 0 Å². The van der Waals surface area contributed by atoms with Crippen molar-refractivity contribution in [2.45, 2.75) is 32.4 Å². The Morgan fingerprint density at radius 2 is 2.28 bits per heavy atom. The Labute approximate surface area is 150 Å². The second-order valence-electron chi connectivity index (χ2n) is 6.21. The molecule has 2 rings (SSSR count). The zero-order valence-corrected chi connectivity index (χ0v) is 15.6. The summed E-state index contributed by atoms with van der Waals surface area (Å²) in [5.41, 5.74) is 0.952. The molecule has 0 aromatic carbocycles. The lowest BCUT2D eigenvalue weighted by molar-refractivity contribution is 0.0420. The number of ether oxygens (including phenoxy) is 2. The zero-order chi connectivity index (χ0) is 17.9. The first kappa shape index (κ1) is 19.5. The molecule has 0 spiro atoms. The molecule has 0 bridgehead atoms. The van der Waals surface area contributed by atoms with Crippen LogP contribution in [0.3, 0.4) is 0 Å². The molecule has 7 nitrogen and oxygen atoms in total. The Kier molecular flexibility index (Phi) is 8.48. The lowest BCUT2D eigenvalue weighted by Crippen LogP contribution is -2.38. The molecular weight excluding hydrogens is 318 g/mol. The molecule has 1 aliphatic heterocycles. The second kappa shape index (κ2) is 10.9. The van der Waals surface area contributed by atoms with E-state index in [2.05, 4.69) is 27.5 Å². The number of hydrogen-bond donors (Lipinski definition) is 2. The van der Waals surface area contributed by atoms with Crippen LogP contribution < -0.4 is 15.5 Å². The summed E-state index contributed by atoms with van der Waals surface area (Å²) < 4.78 is 11.1. The van der Waals surface area contributed by atoms with Crippen molar-refractivity contribution in [3.05, 3.63) is 23.9 Å². The van der Waals surface area contributed by atoms with E-state index in [1.165, 1.54) is 0 Å². The van der Waals surface area contributed by atoms with Gasteiger partial charge in [0.25, 0.3) is 0 Å². The van der Waals surface area contributed by atoms with E-state index >= 15 is 0 Å². The molecule has 25 heavy (non-hydrogen) atoms. The predicted octanol–water partition coefficient (Wildman–Crippen LogP) is 1.40. The van der Waals surface area contributed by atoms with Crippen LogP contribution >= 0.6 is 0 Å². The lowest BCUT2D eigenvalue weighted by atomic mass is 10.3. The van der Waals surface area contributed by atoms with Crippen LogP contribution in [0.1, 0.15) is 25.5 Å². The van der Waals surface area contributed by atoms with Gasteiger partial charge in [-0.1, -0.05) is 6.07 Å². The quantitative estimate of drug-likeness (QED) is 0.399. The first-order chi connectivity index (χ1) is 12.2. The number of rotatable bonds is 9. The van der Waals surface area contributed by atoms with Crippen molar-refractivity contribution >= 4 is 11.8 Å². The van der Waals surface area contributed by atoms with E-state index in [-0.39, 0.29) is 6.10 Å². The molecule has 1 aromatic rings. The Morgan fingerprint density at radius 3 is 3.00 bits per heavy atom. The Hall–Kier alpha value is -1.86. The Bertz CT molecular complexity index is 530. The normalized spacial score (nSPS) is 17.6. The van der Waals surface area contributed by atoms with E-state index < -0.39 is 0 Å². The van der Waals surface area contributed by atoms with Crippen LogP contribution in [-0.4, -0.2) is 64.1 Å². The molecule has 2 heterocycles. The summed E-state index contributed by atoms with van der Waals surface area (Å²) in [6.45, 7) is 6.56. The second-order valence-corrected chi connectivity index (χ2v) is 6.21. The highest BCUT2D eigenvalue weighted by atomic mass is 16.5. The largest absolute Gasteiger partial charge is 0.379 e. The lowest BCUT2D eigenvalue weighted by Gasteiger charge is -2.13. The van der Waals surface area contributed by atoms with E-state index in [9.17, 15) is 0 Å². The van der Waals surface area contributed by atoms with E-state index in [4.69, 9.17) is 9.47 Å². The summed E-state index contributed by atoms with van der Waals surface area (Å²) in [7, 11) is 3.97. The van der Waals surface area contributed by atoms with Gasteiger partial charge in [-0.05, 0) is 31.9 Å². The number of nitrogens with one attached hydrogen (secondary N) is 2. The standard InChI is InChI=1S/C18H31N5O2/c1-4-19-18(20-10-6-11-25-16-9-12-24-14-16)21-13-15-7-5-8-17(22-15)23(2)3/h5,7-8,16H,4,6,9-14H2,1-3H3,(H2,19,20,21). The Morgan fingerprint density at radius 1 is 1.40 bits per heavy atom. The smallest absolute Gasteiger partial charge is 0.191 e. The number of guanidine groups is 1. The number of nitrogens with zero attached hydrogens (tertiary/aromatic N) is 3. The highest BCUT2D eigenvalue weighted by Crippen LogP contribution is 2.09. The first-order valence-electron chi connectivity index (χ1n) is 9.04. The molecule has 1 aromatic heterocycles. The summed E-state index contributed by atoms with van der Waals surface area (Å²) in [6, 6.07) is 6.00. The van der Waals surface area contributed by atoms with Crippen molar-refractivity contribution in [1.29, 1.82) is 0 Å². The van der Waals surface area contributed by atoms with Crippen LogP contribution in [0.2, 0.25) is 0 Å². The average Bonchev–Trinajstić information content (AvgIpc) is 3.13. The third kappa shape index (κ3) is 7.27. The maximum atomic E-state index is 5.77. The van der Waals surface area contributed by atoms with Gasteiger partial charge in [-0.15, -0.1) is 0 Å². The third-order valence-electron chi connectivity index (χ3n) is 3.85. The van der Waals surface area contributed by atoms with Gasteiger partial charge in [-0.25, -0.2) is 9.98 Å². The van der Waals surface area contributed by atoms with E-state index in [0.717, 1.165) is 63.2 Å². The fourth-order valence-electron chi connectivity index (χ4n) is 2.48. The highest BCUT2D eigenvalue weighted by molar-refractivity contribution is 5.79. The predicted molar refractivity (Wildman–Crippen MR) is 101 cm³/mol. The summed E-state index contributed by atoms with van der Waals surface area (Å²) in [5, 5.41) is 6.61. The summed E-state index contributed by atoms with van der Waals surface area (Å²) >= 11 is 0. The van der Waals surface area contributed by atoms with Crippen LogP contribution in [0, 0.1) is 0 Å². The maximum Gasteiger partial charge on any atom is 0.191 e. The van der Waals surface area contributed by atoms with Gasteiger partial charge < -0.3 is 25.0 Å². The van der Waals surface area contributed by atoms with E-state index in [1.807, 2.05) is 37.2 Å². The van der Waals surface area contributed by atoms with E-state index in [1.54, 1.807) is 0 Å². The van der Waals surface area contributed by atoms with Gasteiger partial charge in [0.1, 0.15) is 5.82 Å². The van der Waals surface area contributed by atoms with Crippen molar-refractivity contribution in [2.24, 2.45) is 4.99 Å². The number of aliphatic imine (C=N–C) groups is 1. The number of hydrogen-bond acceptors (Lipinski definition) is 5. The SMILES string of the molecule is CCNC(=NCc1cccc(N(C)C)n1)NCCCOC1CCOC1. The summed E-state index contributed by atoms with van der Waals surface area (Å²) in [4.78, 5) is 11.2. The molecule has 1 saturated heterocycles. The summed E-state index contributed by atoms with van der Waals surface area (Å²) in [5.74, 6) is 1.75. The highest BCUT2D eigenvalue weighted by Gasteiger charge is 2.15. The molecule has 1 fully saturated rings. The van der Waals surface area contributed by atoms with Crippen LogP contribution in [0.5, 0.6) is 0 Å².